The van der Waals surface area contributed by atoms with E-state index in [1.54, 1.807) is 0 Å². The highest BCUT2D eigenvalue weighted by atomic mass is 28.5. The van der Waals surface area contributed by atoms with Gasteiger partial charge >= 0.3 is 17.1 Å². The van der Waals surface area contributed by atoms with Gasteiger partial charge in [0.05, 0.1) is 0 Å². The van der Waals surface area contributed by atoms with Crippen LogP contribution in [0.1, 0.15) is 55.4 Å². The van der Waals surface area contributed by atoms with Crippen LogP contribution < -0.4 is 0 Å². The van der Waals surface area contributed by atoms with Gasteiger partial charge in [-0.3, -0.25) is 0 Å². The second-order valence-electron chi connectivity index (χ2n) is 6.57. The molecule has 0 aliphatic heterocycles. The lowest BCUT2D eigenvalue weighted by Gasteiger charge is -2.46. The predicted molar refractivity (Wildman–Crippen MR) is 87.0 cm³/mol. The molecule has 0 aliphatic rings. The third-order valence-corrected chi connectivity index (χ3v) is 14.4. The van der Waals surface area contributed by atoms with Gasteiger partial charge in [-0.15, -0.1) is 0 Å². The van der Waals surface area contributed by atoms with E-state index >= 15 is 0 Å². The molecule has 19 heavy (non-hydrogen) atoms. The molecule has 0 bridgehead atoms. The molecule has 0 radical (unpaired) electrons. The zero-order valence-corrected chi connectivity index (χ0v) is 16.5. The van der Waals surface area contributed by atoms with E-state index in [9.17, 15) is 0 Å². The van der Waals surface area contributed by atoms with Crippen LogP contribution >= 0.6 is 0 Å². The van der Waals surface area contributed by atoms with Crippen LogP contribution in [-0.2, 0) is 13.0 Å². The van der Waals surface area contributed by atoms with Crippen molar-refractivity contribution in [1.29, 1.82) is 0 Å². The fourth-order valence-electron chi connectivity index (χ4n) is 3.08. The Morgan fingerprint density at radius 1 is 0.526 bits per heavy atom. The summed E-state index contributed by atoms with van der Waals surface area (Å²) in [6, 6.07) is 0. The van der Waals surface area contributed by atoms with Gasteiger partial charge < -0.3 is 13.0 Å². The molecule has 0 amide bonds. The van der Waals surface area contributed by atoms with Crippen LogP contribution in [0.25, 0.3) is 0 Å². The molecule has 0 aliphatic carbocycles. The maximum Gasteiger partial charge on any atom is 0.334 e. The lowest BCUT2D eigenvalue weighted by molar-refractivity contribution is 0.205. The molecule has 0 saturated heterocycles. The minimum Gasteiger partial charge on any atom is -0.414 e. The summed E-state index contributed by atoms with van der Waals surface area (Å²) in [7, 11) is -0.924. The fourth-order valence-corrected chi connectivity index (χ4v) is 14.1. The summed E-state index contributed by atoms with van der Waals surface area (Å²) in [6.07, 6.45) is 0. The maximum absolute atomic E-state index is 6.80. The van der Waals surface area contributed by atoms with Crippen molar-refractivity contribution in [3.05, 3.63) is 0 Å². The van der Waals surface area contributed by atoms with Gasteiger partial charge in [0.2, 0.25) is 0 Å². The van der Waals surface area contributed by atoms with Crippen molar-refractivity contribution >= 4 is 17.1 Å². The van der Waals surface area contributed by atoms with Gasteiger partial charge in [0.15, 0.2) is 0 Å². The van der Waals surface area contributed by atoms with E-state index in [1.165, 1.54) is 0 Å². The molecule has 0 aromatic heterocycles. The minimum atomic E-state index is -2.27. The van der Waals surface area contributed by atoms with E-state index in [0.29, 0.717) is 22.2 Å². The number of hydrogen-bond donors (Lipinski definition) is 0. The molecule has 3 nitrogen and oxygen atoms in total. The smallest absolute Gasteiger partial charge is 0.334 e. The summed E-state index contributed by atoms with van der Waals surface area (Å²) in [4.78, 5) is 0. The molecule has 0 saturated carbocycles. The normalized spacial score (nSPS) is 14.2. The maximum atomic E-state index is 6.80. The van der Waals surface area contributed by atoms with Crippen molar-refractivity contribution in [2.75, 3.05) is 14.2 Å². The lowest BCUT2D eigenvalue weighted by Crippen LogP contribution is -2.60. The SMILES string of the molecule is CO[Si](O[Si](OC)(C(C)C)C(C)C)(C(C)C)C(C)C. The van der Waals surface area contributed by atoms with Crippen LogP contribution in [0.2, 0.25) is 22.2 Å². The highest BCUT2D eigenvalue weighted by Crippen LogP contribution is 2.43. The average Bonchev–Trinajstić information content (AvgIpc) is 2.29. The molecule has 0 rings (SSSR count). The minimum absolute atomic E-state index is 0.414. The zero-order valence-electron chi connectivity index (χ0n) is 14.5. The molecule has 0 aromatic rings. The Bertz CT molecular complexity index is 223. The molecule has 0 aromatic carbocycles. The Labute approximate surface area is 122 Å². The van der Waals surface area contributed by atoms with Gasteiger partial charge in [-0.05, 0) is 22.2 Å². The summed E-state index contributed by atoms with van der Waals surface area (Å²) >= 11 is 0. The second-order valence-corrected chi connectivity index (χ2v) is 15.7. The summed E-state index contributed by atoms with van der Waals surface area (Å²) in [5.41, 5.74) is 1.66. The molecule has 0 heterocycles. The van der Waals surface area contributed by atoms with Crippen molar-refractivity contribution in [3.63, 3.8) is 0 Å². The first-order valence-electron chi connectivity index (χ1n) is 7.41. The Morgan fingerprint density at radius 3 is 0.842 bits per heavy atom. The summed E-state index contributed by atoms with van der Waals surface area (Å²) in [5, 5.41) is 0. The molecule has 116 valence electrons. The van der Waals surface area contributed by atoms with Crippen molar-refractivity contribution in [2.45, 2.75) is 77.6 Å². The van der Waals surface area contributed by atoms with Gasteiger partial charge in [0, 0.05) is 14.2 Å². The fraction of sp³-hybridized carbons (Fsp3) is 1.00. The Morgan fingerprint density at radius 2 is 0.737 bits per heavy atom. The summed E-state index contributed by atoms with van der Waals surface area (Å²) < 4.78 is 18.8. The second kappa shape index (κ2) is 7.36. The predicted octanol–water partition coefficient (Wildman–Crippen LogP) is 4.82. The van der Waals surface area contributed by atoms with Crippen molar-refractivity contribution < 1.29 is 13.0 Å². The van der Waals surface area contributed by atoms with E-state index in [1.807, 2.05) is 14.2 Å². The largest absolute Gasteiger partial charge is 0.414 e. The van der Waals surface area contributed by atoms with Crippen LogP contribution in [-0.4, -0.2) is 31.3 Å². The molecule has 0 spiro atoms. The van der Waals surface area contributed by atoms with E-state index in [-0.39, 0.29) is 0 Å². The molecule has 0 N–H and O–H groups in total. The van der Waals surface area contributed by atoms with Crippen LogP contribution in [0, 0.1) is 0 Å². The molecule has 0 fully saturated rings. The quantitative estimate of drug-likeness (QED) is 0.602. The van der Waals surface area contributed by atoms with Crippen LogP contribution in [0.3, 0.4) is 0 Å². The van der Waals surface area contributed by atoms with Crippen LogP contribution in [0.15, 0.2) is 0 Å². The zero-order chi connectivity index (χ0) is 15.4. The molecule has 0 atom stereocenters. The first-order valence-corrected chi connectivity index (χ1v) is 11.3. The topological polar surface area (TPSA) is 27.7 Å². The van der Waals surface area contributed by atoms with Crippen LogP contribution in [0.5, 0.6) is 0 Å². The Balaban J connectivity index is 5.62. The Hall–Kier alpha value is 0.314. The third kappa shape index (κ3) is 3.70. The third-order valence-electron chi connectivity index (χ3n) is 4.18. The van der Waals surface area contributed by atoms with Crippen LogP contribution in [0.4, 0.5) is 0 Å². The van der Waals surface area contributed by atoms with Crippen molar-refractivity contribution in [1.82, 2.24) is 0 Å². The van der Waals surface area contributed by atoms with E-state index in [4.69, 9.17) is 13.0 Å². The molecular formula is C14H34O3Si2. The lowest BCUT2D eigenvalue weighted by atomic mass is 10.5. The molecule has 5 heteroatoms. The van der Waals surface area contributed by atoms with Gasteiger partial charge in [-0.25, -0.2) is 0 Å². The Kier molecular flexibility index (Phi) is 7.48. The first kappa shape index (κ1) is 19.3. The summed E-state index contributed by atoms with van der Waals surface area (Å²) in [6.45, 7) is 17.7. The van der Waals surface area contributed by atoms with Crippen molar-refractivity contribution in [3.8, 4) is 0 Å². The molecular weight excluding hydrogens is 272 g/mol. The van der Waals surface area contributed by atoms with Gasteiger partial charge in [-0.1, -0.05) is 55.4 Å². The number of hydrogen-bond acceptors (Lipinski definition) is 3. The van der Waals surface area contributed by atoms with Crippen molar-refractivity contribution in [2.24, 2.45) is 0 Å². The van der Waals surface area contributed by atoms with E-state index in [2.05, 4.69) is 55.4 Å². The highest BCUT2D eigenvalue weighted by molar-refractivity contribution is 6.83. The van der Waals surface area contributed by atoms with E-state index in [0.717, 1.165) is 0 Å². The highest BCUT2D eigenvalue weighted by Gasteiger charge is 2.55. The van der Waals surface area contributed by atoms with E-state index < -0.39 is 17.1 Å². The average molecular weight is 307 g/mol. The van der Waals surface area contributed by atoms with Gasteiger partial charge in [-0.2, -0.15) is 0 Å². The monoisotopic (exact) mass is 306 g/mol. The number of rotatable bonds is 8. The molecule has 0 unspecified atom stereocenters. The van der Waals surface area contributed by atoms with Gasteiger partial charge in [0.25, 0.3) is 0 Å². The first-order chi connectivity index (χ1) is 8.60. The van der Waals surface area contributed by atoms with Gasteiger partial charge in [0.1, 0.15) is 0 Å². The summed E-state index contributed by atoms with van der Waals surface area (Å²) in [5.74, 6) is 0. The standard InChI is InChI=1S/C14H34O3Si2/c1-11(2)18(15-9,12(3)4)17-19(16-10,13(5)6)14(7)8/h11-14H,1-10H3.